The van der Waals surface area contributed by atoms with E-state index in [1.54, 1.807) is 13.8 Å². The lowest BCUT2D eigenvalue weighted by atomic mass is 10.1. The number of carbonyl (C=O) groups is 2. The molecule has 0 bridgehead atoms. The molecule has 1 atom stereocenters. The summed E-state index contributed by atoms with van der Waals surface area (Å²) in [6.45, 7) is 4.96. The standard InChI is InChI=1S/C17H25N3O4S/c1-3-20(4-2)25(23,24)14-10-8-13(9-11-14)16(21)19-15-7-5-6-12-18-17(15)22/h8-11,15H,3-7,12H2,1-2H3,(H,18,22)(H,19,21). The highest BCUT2D eigenvalue weighted by Gasteiger charge is 2.24. The number of nitrogens with one attached hydrogen (secondary N) is 2. The summed E-state index contributed by atoms with van der Waals surface area (Å²) < 4.78 is 26.3. The van der Waals surface area contributed by atoms with Gasteiger partial charge in [0.05, 0.1) is 4.90 Å². The highest BCUT2D eigenvalue weighted by Crippen LogP contribution is 2.16. The molecule has 1 unspecified atom stereocenters. The van der Waals surface area contributed by atoms with Crippen molar-refractivity contribution < 1.29 is 18.0 Å². The van der Waals surface area contributed by atoms with E-state index >= 15 is 0 Å². The van der Waals surface area contributed by atoms with Crippen molar-refractivity contribution >= 4 is 21.8 Å². The molecule has 1 aliphatic heterocycles. The summed E-state index contributed by atoms with van der Waals surface area (Å²) in [4.78, 5) is 24.4. The van der Waals surface area contributed by atoms with E-state index < -0.39 is 16.1 Å². The van der Waals surface area contributed by atoms with Crippen LogP contribution >= 0.6 is 0 Å². The van der Waals surface area contributed by atoms with Gasteiger partial charge < -0.3 is 10.6 Å². The monoisotopic (exact) mass is 367 g/mol. The molecular formula is C17H25N3O4S. The number of amides is 2. The van der Waals surface area contributed by atoms with E-state index in [-0.39, 0.29) is 16.7 Å². The number of nitrogens with zero attached hydrogens (tertiary/aromatic N) is 1. The predicted molar refractivity (Wildman–Crippen MR) is 94.7 cm³/mol. The predicted octanol–water partition coefficient (Wildman–Crippen LogP) is 1.12. The Bertz CT molecular complexity index is 712. The van der Waals surface area contributed by atoms with Crippen molar-refractivity contribution in [1.82, 2.24) is 14.9 Å². The molecule has 1 fully saturated rings. The van der Waals surface area contributed by atoms with E-state index in [0.717, 1.165) is 12.8 Å². The Kier molecular flexibility index (Phi) is 6.55. The third-order valence-electron chi connectivity index (χ3n) is 4.30. The van der Waals surface area contributed by atoms with Gasteiger partial charge in [-0.3, -0.25) is 9.59 Å². The molecule has 8 heteroatoms. The molecule has 25 heavy (non-hydrogen) atoms. The van der Waals surface area contributed by atoms with E-state index in [1.165, 1.54) is 28.6 Å². The Balaban J connectivity index is 2.11. The molecule has 0 radical (unpaired) electrons. The van der Waals surface area contributed by atoms with Crippen LogP contribution in [0.2, 0.25) is 0 Å². The van der Waals surface area contributed by atoms with Crippen molar-refractivity contribution in [3.63, 3.8) is 0 Å². The van der Waals surface area contributed by atoms with Crippen LogP contribution in [-0.4, -0.2) is 50.2 Å². The smallest absolute Gasteiger partial charge is 0.251 e. The summed E-state index contributed by atoms with van der Waals surface area (Å²) >= 11 is 0. The van der Waals surface area contributed by atoms with Gasteiger partial charge >= 0.3 is 0 Å². The first kappa shape index (κ1) is 19.4. The van der Waals surface area contributed by atoms with Crippen LogP contribution in [-0.2, 0) is 14.8 Å². The second-order valence-electron chi connectivity index (χ2n) is 5.93. The Labute approximate surface area is 148 Å². The second-order valence-corrected chi connectivity index (χ2v) is 7.86. The largest absolute Gasteiger partial charge is 0.354 e. The average molecular weight is 367 g/mol. The fraction of sp³-hybridized carbons (Fsp3) is 0.529. The quantitative estimate of drug-likeness (QED) is 0.787. The maximum atomic E-state index is 12.4. The van der Waals surface area contributed by atoms with Crippen molar-refractivity contribution in [3.05, 3.63) is 29.8 Å². The topological polar surface area (TPSA) is 95.6 Å². The SMILES string of the molecule is CCN(CC)S(=O)(=O)c1ccc(C(=O)NC2CCCCNC2=O)cc1. The lowest BCUT2D eigenvalue weighted by molar-refractivity contribution is -0.122. The van der Waals surface area contributed by atoms with Crippen LogP contribution in [0.25, 0.3) is 0 Å². The molecule has 2 N–H and O–H groups in total. The first-order valence-electron chi connectivity index (χ1n) is 8.59. The van der Waals surface area contributed by atoms with Gasteiger partial charge in [0.25, 0.3) is 5.91 Å². The third-order valence-corrected chi connectivity index (χ3v) is 6.36. The van der Waals surface area contributed by atoms with E-state index in [0.29, 0.717) is 31.6 Å². The van der Waals surface area contributed by atoms with Crippen molar-refractivity contribution in [2.75, 3.05) is 19.6 Å². The minimum Gasteiger partial charge on any atom is -0.354 e. The highest BCUT2D eigenvalue weighted by molar-refractivity contribution is 7.89. The molecule has 2 amide bonds. The fourth-order valence-corrected chi connectivity index (χ4v) is 4.27. The van der Waals surface area contributed by atoms with Crippen LogP contribution in [0.4, 0.5) is 0 Å². The first-order chi connectivity index (χ1) is 11.9. The van der Waals surface area contributed by atoms with Crippen LogP contribution in [0.15, 0.2) is 29.2 Å². The van der Waals surface area contributed by atoms with Crippen LogP contribution < -0.4 is 10.6 Å². The van der Waals surface area contributed by atoms with Gasteiger partial charge in [0, 0.05) is 25.2 Å². The van der Waals surface area contributed by atoms with Crippen LogP contribution in [0, 0.1) is 0 Å². The Morgan fingerprint density at radius 3 is 2.44 bits per heavy atom. The normalized spacial score (nSPS) is 18.5. The van der Waals surface area contributed by atoms with E-state index in [9.17, 15) is 18.0 Å². The summed E-state index contributed by atoms with van der Waals surface area (Å²) in [7, 11) is -3.55. The van der Waals surface area contributed by atoms with Crippen molar-refractivity contribution in [3.8, 4) is 0 Å². The van der Waals surface area contributed by atoms with Crippen LogP contribution in [0.3, 0.4) is 0 Å². The number of hydrogen-bond acceptors (Lipinski definition) is 4. The van der Waals surface area contributed by atoms with E-state index in [2.05, 4.69) is 10.6 Å². The molecule has 0 aromatic heterocycles. The minimum atomic E-state index is -3.55. The van der Waals surface area contributed by atoms with Gasteiger partial charge in [-0.2, -0.15) is 4.31 Å². The van der Waals surface area contributed by atoms with E-state index in [1.807, 2.05) is 0 Å². The summed E-state index contributed by atoms with van der Waals surface area (Å²) in [5, 5.41) is 5.48. The zero-order valence-corrected chi connectivity index (χ0v) is 15.4. The van der Waals surface area contributed by atoms with Crippen LogP contribution in [0.1, 0.15) is 43.5 Å². The van der Waals surface area contributed by atoms with Gasteiger partial charge in [0.1, 0.15) is 6.04 Å². The second kappa shape index (κ2) is 8.44. The van der Waals surface area contributed by atoms with Crippen molar-refractivity contribution in [1.29, 1.82) is 0 Å². The van der Waals surface area contributed by atoms with Gasteiger partial charge in [-0.1, -0.05) is 13.8 Å². The lowest BCUT2D eigenvalue weighted by Crippen LogP contribution is -2.45. The van der Waals surface area contributed by atoms with Crippen LogP contribution in [0.5, 0.6) is 0 Å². The number of hydrogen-bond donors (Lipinski definition) is 2. The summed E-state index contributed by atoms with van der Waals surface area (Å²) in [5.74, 6) is -0.555. The molecule has 0 saturated carbocycles. The molecule has 2 rings (SSSR count). The Hall–Kier alpha value is -1.93. The maximum absolute atomic E-state index is 12.4. The molecule has 0 spiro atoms. The molecule has 0 aliphatic carbocycles. The zero-order valence-electron chi connectivity index (χ0n) is 14.6. The molecule has 138 valence electrons. The summed E-state index contributed by atoms with van der Waals surface area (Å²) in [5.41, 5.74) is 0.329. The summed E-state index contributed by atoms with van der Waals surface area (Å²) in [6.07, 6.45) is 2.37. The maximum Gasteiger partial charge on any atom is 0.251 e. The number of rotatable bonds is 6. The third kappa shape index (κ3) is 4.58. The van der Waals surface area contributed by atoms with Gasteiger partial charge in [0.15, 0.2) is 0 Å². The van der Waals surface area contributed by atoms with E-state index in [4.69, 9.17) is 0 Å². The van der Waals surface area contributed by atoms with Crippen molar-refractivity contribution in [2.45, 2.75) is 44.0 Å². The number of carbonyl (C=O) groups excluding carboxylic acids is 2. The number of sulfonamides is 1. The molecule has 1 saturated heterocycles. The average Bonchev–Trinajstić information content (AvgIpc) is 2.80. The molecule has 7 nitrogen and oxygen atoms in total. The Morgan fingerprint density at radius 1 is 1.20 bits per heavy atom. The molecular weight excluding hydrogens is 342 g/mol. The van der Waals surface area contributed by atoms with Gasteiger partial charge in [-0.05, 0) is 43.5 Å². The summed E-state index contributed by atoms with van der Waals surface area (Å²) in [6, 6.07) is 5.25. The minimum absolute atomic E-state index is 0.153. The van der Waals surface area contributed by atoms with Gasteiger partial charge in [-0.15, -0.1) is 0 Å². The first-order valence-corrected chi connectivity index (χ1v) is 10.0. The molecule has 1 heterocycles. The zero-order chi connectivity index (χ0) is 18.4. The molecule has 1 aromatic carbocycles. The fourth-order valence-electron chi connectivity index (χ4n) is 2.81. The Morgan fingerprint density at radius 2 is 1.84 bits per heavy atom. The van der Waals surface area contributed by atoms with Gasteiger partial charge in [0.2, 0.25) is 15.9 Å². The lowest BCUT2D eigenvalue weighted by Gasteiger charge is -2.19. The molecule has 1 aromatic rings. The highest BCUT2D eigenvalue weighted by atomic mass is 32.2. The number of benzene rings is 1. The van der Waals surface area contributed by atoms with Crippen molar-refractivity contribution in [2.24, 2.45) is 0 Å². The van der Waals surface area contributed by atoms with Gasteiger partial charge in [-0.25, -0.2) is 8.42 Å². The molecule has 1 aliphatic rings.